The summed E-state index contributed by atoms with van der Waals surface area (Å²) in [5, 5.41) is 0. The van der Waals surface area contributed by atoms with Gasteiger partial charge in [-0.15, -0.1) is 24.0 Å². The molecular weight excluding hydrogens is 431 g/mol. The van der Waals surface area contributed by atoms with Gasteiger partial charge in [-0.2, -0.15) is 0 Å². The minimum absolute atomic E-state index is 0. The van der Waals surface area contributed by atoms with Crippen molar-refractivity contribution in [3.63, 3.8) is 0 Å². The maximum Gasteiger partial charge on any atom is 0.233 e. The molecule has 2 amide bonds. The highest BCUT2D eigenvalue weighted by Crippen LogP contribution is 2.52. The third-order valence-corrected chi connectivity index (χ3v) is 6.14. The van der Waals surface area contributed by atoms with E-state index in [9.17, 15) is 9.59 Å². The standard InChI is InChI=1S/C18H26N4O2.HI/c1-11-3-2-7-21(10-11)18(19)20-6-8-22-16(23)14-12-4-5-13(9-12)15(14)17(22)24;/h4-5,11-15H,2-3,6-10H2,1H3,(H2,19,20);1H. The molecule has 5 unspecified atom stereocenters. The van der Waals surface area contributed by atoms with Crippen LogP contribution in [0.25, 0.3) is 0 Å². The van der Waals surface area contributed by atoms with Crippen molar-refractivity contribution in [3.05, 3.63) is 12.2 Å². The number of carbonyl (C=O) groups is 2. The molecule has 2 N–H and O–H groups in total. The highest BCUT2D eigenvalue weighted by molar-refractivity contribution is 14.0. The molecule has 0 radical (unpaired) electrons. The Morgan fingerprint density at radius 3 is 2.48 bits per heavy atom. The van der Waals surface area contributed by atoms with Crippen LogP contribution >= 0.6 is 24.0 Å². The monoisotopic (exact) mass is 458 g/mol. The molecular formula is C18H27IN4O2. The Kier molecular flexibility index (Phi) is 5.41. The fourth-order valence-corrected chi connectivity index (χ4v) is 4.95. The van der Waals surface area contributed by atoms with Crippen LogP contribution in [0.1, 0.15) is 26.2 Å². The third-order valence-electron chi connectivity index (χ3n) is 6.14. The van der Waals surface area contributed by atoms with Crippen LogP contribution in [0.4, 0.5) is 0 Å². The summed E-state index contributed by atoms with van der Waals surface area (Å²) in [6.45, 7) is 4.86. The Morgan fingerprint density at radius 2 is 1.88 bits per heavy atom. The predicted octanol–water partition coefficient (Wildman–Crippen LogP) is 1.46. The number of carbonyl (C=O) groups excluding carboxylic acids is 2. The minimum Gasteiger partial charge on any atom is -0.370 e. The number of likely N-dealkylation sites (tertiary alicyclic amines) is 2. The van der Waals surface area contributed by atoms with Gasteiger partial charge in [-0.05, 0) is 37.0 Å². The summed E-state index contributed by atoms with van der Waals surface area (Å²) in [7, 11) is 0. The number of hydrogen-bond acceptors (Lipinski definition) is 3. The van der Waals surface area contributed by atoms with E-state index in [1.165, 1.54) is 11.3 Å². The van der Waals surface area contributed by atoms with Crippen LogP contribution in [0, 0.1) is 29.6 Å². The molecule has 138 valence electrons. The second kappa shape index (κ2) is 7.25. The molecule has 0 aromatic rings. The molecule has 3 fully saturated rings. The van der Waals surface area contributed by atoms with Crippen molar-refractivity contribution in [2.24, 2.45) is 40.3 Å². The molecule has 7 heteroatoms. The van der Waals surface area contributed by atoms with Gasteiger partial charge in [-0.3, -0.25) is 19.5 Å². The van der Waals surface area contributed by atoms with E-state index in [0.717, 1.165) is 25.9 Å². The van der Waals surface area contributed by atoms with Gasteiger partial charge in [0, 0.05) is 19.6 Å². The smallest absolute Gasteiger partial charge is 0.233 e. The molecule has 0 spiro atoms. The van der Waals surface area contributed by atoms with Gasteiger partial charge in [-0.25, -0.2) is 0 Å². The van der Waals surface area contributed by atoms with E-state index < -0.39 is 0 Å². The topological polar surface area (TPSA) is 79.0 Å². The summed E-state index contributed by atoms with van der Waals surface area (Å²) >= 11 is 0. The van der Waals surface area contributed by atoms with Crippen LogP contribution in [-0.2, 0) is 9.59 Å². The first kappa shape index (κ1) is 18.7. The second-order valence-corrected chi connectivity index (χ2v) is 7.76. The molecule has 1 saturated carbocycles. The molecule has 4 rings (SSSR count). The lowest BCUT2D eigenvalue weighted by molar-refractivity contribution is -0.140. The van der Waals surface area contributed by atoms with Crippen molar-refractivity contribution in [2.75, 3.05) is 26.2 Å². The lowest BCUT2D eigenvalue weighted by atomic mass is 9.85. The third kappa shape index (κ3) is 3.19. The van der Waals surface area contributed by atoms with E-state index in [-0.39, 0.29) is 59.5 Å². The highest BCUT2D eigenvalue weighted by atomic mass is 127. The van der Waals surface area contributed by atoms with Crippen molar-refractivity contribution in [1.82, 2.24) is 9.80 Å². The molecule has 2 saturated heterocycles. The zero-order valence-corrected chi connectivity index (χ0v) is 17.0. The number of halogens is 1. The summed E-state index contributed by atoms with van der Waals surface area (Å²) < 4.78 is 0. The molecule has 6 nitrogen and oxygen atoms in total. The van der Waals surface area contributed by atoms with E-state index >= 15 is 0 Å². The first-order chi connectivity index (χ1) is 11.6. The maximum atomic E-state index is 12.6. The second-order valence-electron chi connectivity index (χ2n) is 7.76. The van der Waals surface area contributed by atoms with Gasteiger partial charge in [0.05, 0.1) is 18.4 Å². The predicted molar refractivity (Wildman–Crippen MR) is 106 cm³/mol. The molecule has 0 aromatic carbocycles. The maximum absolute atomic E-state index is 12.6. The Morgan fingerprint density at radius 1 is 1.24 bits per heavy atom. The summed E-state index contributed by atoms with van der Waals surface area (Å²) in [6.07, 6.45) is 7.58. The lowest BCUT2D eigenvalue weighted by Gasteiger charge is -2.31. The lowest BCUT2D eigenvalue weighted by Crippen LogP contribution is -2.44. The number of guanidine groups is 1. The largest absolute Gasteiger partial charge is 0.370 e. The summed E-state index contributed by atoms with van der Waals surface area (Å²) in [5.41, 5.74) is 6.09. The van der Waals surface area contributed by atoms with Crippen LogP contribution in [0.3, 0.4) is 0 Å². The SMILES string of the molecule is CC1CCCN(C(N)=NCCN2C(=O)C3C4C=CC(C4)C3C2=O)C1.I. The summed E-state index contributed by atoms with van der Waals surface area (Å²) in [4.78, 5) is 33.1. The normalized spacial score (nSPS) is 36.8. The van der Waals surface area contributed by atoms with Crippen molar-refractivity contribution in [2.45, 2.75) is 26.2 Å². The number of amides is 2. The Hall–Kier alpha value is -1.12. The average Bonchev–Trinajstić information content (AvgIpc) is 3.24. The van der Waals surface area contributed by atoms with E-state index in [1.54, 1.807) is 0 Å². The number of imide groups is 1. The van der Waals surface area contributed by atoms with Gasteiger partial charge in [0.1, 0.15) is 0 Å². The number of fused-ring (bicyclic) bond motifs is 5. The highest BCUT2D eigenvalue weighted by Gasteiger charge is 2.58. The molecule has 2 heterocycles. The zero-order chi connectivity index (χ0) is 16.8. The summed E-state index contributed by atoms with van der Waals surface area (Å²) in [6, 6.07) is 0. The first-order valence-corrected chi connectivity index (χ1v) is 9.14. The quantitative estimate of drug-likeness (QED) is 0.228. The fraction of sp³-hybridized carbons (Fsp3) is 0.722. The van der Waals surface area contributed by atoms with Crippen LogP contribution < -0.4 is 5.73 Å². The number of hydrogen-bond donors (Lipinski definition) is 1. The van der Waals surface area contributed by atoms with Crippen molar-refractivity contribution < 1.29 is 9.59 Å². The number of nitrogens with two attached hydrogens (primary N) is 1. The van der Waals surface area contributed by atoms with Crippen molar-refractivity contribution in [1.29, 1.82) is 0 Å². The molecule has 2 bridgehead atoms. The average molecular weight is 458 g/mol. The van der Waals surface area contributed by atoms with Gasteiger partial charge < -0.3 is 10.6 Å². The first-order valence-electron chi connectivity index (χ1n) is 9.14. The molecule has 5 atom stereocenters. The Bertz CT molecular complexity index is 590. The van der Waals surface area contributed by atoms with Gasteiger partial charge in [0.25, 0.3) is 0 Å². The number of allylic oxidation sites excluding steroid dienone is 2. The van der Waals surface area contributed by atoms with Gasteiger partial charge in [-0.1, -0.05) is 19.1 Å². The molecule has 0 aromatic heterocycles. The van der Waals surface area contributed by atoms with Crippen LogP contribution in [0.15, 0.2) is 17.1 Å². The van der Waals surface area contributed by atoms with E-state index in [1.807, 2.05) is 0 Å². The molecule has 25 heavy (non-hydrogen) atoms. The van der Waals surface area contributed by atoms with Crippen LogP contribution in [-0.4, -0.2) is 53.8 Å². The van der Waals surface area contributed by atoms with E-state index in [2.05, 4.69) is 29.0 Å². The number of nitrogens with zero attached hydrogens (tertiary/aromatic N) is 3. The fourth-order valence-electron chi connectivity index (χ4n) is 4.95. The van der Waals surface area contributed by atoms with Crippen LogP contribution in [0.2, 0.25) is 0 Å². The van der Waals surface area contributed by atoms with E-state index in [4.69, 9.17) is 5.73 Å². The van der Waals surface area contributed by atoms with Crippen LogP contribution in [0.5, 0.6) is 0 Å². The Balaban J connectivity index is 0.00000182. The molecule has 2 aliphatic heterocycles. The van der Waals surface area contributed by atoms with Crippen molar-refractivity contribution >= 4 is 41.8 Å². The van der Waals surface area contributed by atoms with Gasteiger partial charge in [0.2, 0.25) is 11.8 Å². The summed E-state index contributed by atoms with van der Waals surface area (Å²) in [5.74, 6) is 1.49. The Labute approximate surface area is 165 Å². The molecule has 2 aliphatic carbocycles. The van der Waals surface area contributed by atoms with E-state index in [0.29, 0.717) is 25.0 Å². The molecule has 4 aliphatic rings. The minimum atomic E-state index is -0.114. The van der Waals surface area contributed by atoms with Gasteiger partial charge >= 0.3 is 0 Å². The zero-order valence-electron chi connectivity index (χ0n) is 14.6. The number of aliphatic imine (C=N–C) groups is 1. The number of rotatable bonds is 3. The number of piperidine rings is 1. The van der Waals surface area contributed by atoms with Gasteiger partial charge in [0.15, 0.2) is 5.96 Å². The van der Waals surface area contributed by atoms with Crippen molar-refractivity contribution in [3.8, 4) is 0 Å².